The lowest BCUT2D eigenvalue weighted by Gasteiger charge is -2.21. The number of ether oxygens (including phenoxy) is 1. The minimum atomic E-state index is 0.0498. The van der Waals surface area contributed by atoms with Gasteiger partial charge >= 0.3 is 5.97 Å². The summed E-state index contributed by atoms with van der Waals surface area (Å²) in [6.07, 6.45) is 3.78. The van der Waals surface area contributed by atoms with E-state index in [1.807, 2.05) is 6.92 Å². The number of fused-ring (bicyclic) bond motifs is 1. The summed E-state index contributed by atoms with van der Waals surface area (Å²) >= 11 is 0. The van der Waals surface area contributed by atoms with Crippen molar-refractivity contribution in [2.75, 3.05) is 6.61 Å². The second-order valence-corrected chi connectivity index (χ2v) is 5.13. The largest absolute Gasteiger partial charge is 0.466 e. The van der Waals surface area contributed by atoms with Crippen LogP contribution in [0.1, 0.15) is 40.0 Å². The first-order valence-electron chi connectivity index (χ1n) is 5.78. The zero-order valence-electron chi connectivity index (χ0n) is 9.38. The lowest BCUT2D eigenvalue weighted by atomic mass is 9.84. The Morgan fingerprint density at radius 3 is 2.86 bits per heavy atom. The fourth-order valence-electron chi connectivity index (χ4n) is 3.53. The molecule has 2 aliphatic carbocycles. The normalized spacial score (nSPS) is 45.5. The van der Waals surface area contributed by atoms with Gasteiger partial charge in [0.1, 0.15) is 0 Å². The molecule has 0 amide bonds. The molecule has 2 saturated carbocycles. The van der Waals surface area contributed by atoms with Crippen molar-refractivity contribution in [3.8, 4) is 0 Å². The first-order chi connectivity index (χ1) is 6.61. The smallest absolute Gasteiger partial charge is 0.309 e. The average Bonchev–Trinajstić information content (AvgIpc) is 2.73. The van der Waals surface area contributed by atoms with Crippen molar-refractivity contribution in [1.29, 1.82) is 0 Å². The summed E-state index contributed by atoms with van der Waals surface area (Å²) in [6.45, 7) is 6.94. The van der Waals surface area contributed by atoms with Crippen LogP contribution in [0.4, 0.5) is 0 Å². The van der Waals surface area contributed by atoms with E-state index >= 15 is 0 Å². The zero-order valence-corrected chi connectivity index (χ0v) is 9.38. The van der Waals surface area contributed by atoms with Crippen LogP contribution >= 0.6 is 0 Å². The first-order valence-corrected chi connectivity index (χ1v) is 5.78. The predicted molar refractivity (Wildman–Crippen MR) is 54.7 cm³/mol. The van der Waals surface area contributed by atoms with Crippen LogP contribution in [0.2, 0.25) is 0 Å². The molecule has 4 unspecified atom stereocenters. The number of carbonyl (C=O) groups excluding carboxylic acids is 1. The Balaban J connectivity index is 2.06. The number of carbonyl (C=O) groups is 1. The molecule has 80 valence electrons. The Hall–Kier alpha value is -0.530. The van der Waals surface area contributed by atoms with Gasteiger partial charge in [0.2, 0.25) is 0 Å². The van der Waals surface area contributed by atoms with Gasteiger partial charge in [-0.15, -0.1) is 0 Å². The highest BCUT2D eigenvalue weighted by Crippen LogP contribution is 2.68. The van der Waals surface area contributed by atoms with Crippen molar-refractivity contribution in [3.63, 3.8) is 0 Å². The van der Waals surface area contributed by atoms with Crippen LogP contribution in [-0.2, 0) is 9.53 Å². The van der Waals surface area contributed by atoms with Crippen LogP contribution < -0.4 is 0 Å². The maximum atomic E-state index is 11.7. The summed E-state index contributed by atoms with van der Waals surface area (Å²) < 4.78 is 5.13. The summed E-state index contributed by atoms with van der Waals surface area (Å²) in [5, 5.41) is 0. The molecule has 2 aliphatic rings. The Morgan fingerprint density at radius 1 is 1.57 bits per heavy atom. The van der Waals surface area contributed by atoms with E-state index in [1.165, 1.54) is 19.3 Å². The third-order valence-corrected chi connectivity index (χ3v) is 4.25. The Labute approximate surface area is 86.0 Å². The summed E-state index contributed by atoms with van der Waals surface area (Å²) in [5.74, 6) is 1.58. The molecule has 2 nitrogen and oxygen atoms in total. The lowest BCUT2D eigenvalue weighted by molar-refractivity contribution is -0.145. The van der Waals surface area contributed by atoms with Crippen molar-refractivity contribution in [3.05, 3.63) is 0 Å². The van der Waals surface area contributed by atoms with Gasteiger partial charge in [-0.3, -0.25) is 4.79 Å². The topological polar surface area (TPSA) is 26.3 Å². The van der Waals surface area contributed by atoms with Crippen LogP contribution in [0, 0.1) is 23.2 Å². The molecule has 0 heterocycles. The fourth-order valence-corrected chi connectivity index (χ4v) is 3.53. The summed E-state index contributed by atoms with van der Waals surface area (Å²) in [6, 6.07) is 0. The second-order valence-electron chi connectivity index (χ2n) is 5.13. The van der Waals surface area contributed by atoms with E-state index in [0.717, 1.165) is 0 Å². The van der Waals surface area contributed by atoms with Crippen LogP contribution in [0.15, 0.2) is 0 Å². The third kappa shape index (κ3) is 1.27. The molecule has 0 N–H and O–H groups in total. The molecule has 0 saturated heterocycles. The van der Waals surface area contributed by atoms with E-state index in [1.54, 1.807) is 0 Å². The summed E-state index contributed by atoms with van der Waals surface area (Å²) in [4.78, 5) is 11.7. The molecular formula is C12H20O2. The molecule has 2 rings (SSSR count). The molecule has 4 atom stereocenters. The van der Waals surface area contributed by atoms with E-state index < -0.39 is 0 Å². The van der Waals surface area contributed by atoms with E-state index in [9.17, 15) is 4.79 Å². The number of hydrogen-bond acceptors (Lipinski definition) is 2. The molecule has 0 bridgehead atoms. The van der Waals surface area contributed by atoms with Gasteiger partial charge in [0.05, 0.1) is 12.5 Å². The van der Waals surface area contributed by atoms with E-state index in [0.29, 0.717) is 18.4 Å². The monoisotopic (exact) mass is 196 g/mol. The molecule has 2 heteroatoms. The number of esters is 1. The second kappa shape index (κ2) is 3.25. The Morgan fingerprint density at radius 2 is 2.29 bits per heavy atom. The van der Waals surface area contributed by atoms with Crippen molar-refractivity contribution in [2.24, 2.45) is 23.2 Å². The lowest BCUT2D eigenvalue weighted by Crippen LogP contribution is -2.12. The third-order valence-electron chi connectivity index (χ3n) is 4.25. The maximum Gasteiger partial charge on any atom is 0.309 e. The summed E-state index contributed by atoms with van der Waals surface area (Å²) in [5.41, 5.74) is 0.282. The van der Waals surface area contributed by atoms with Gasteiger partial charge in [0, 0.05) is 0 Å². The Kier molecular flexibility index (Phi) is 2.32. The molecule has 0 aliphatic heterocycles. The molecule has 0 aromatic rings. The van der Waals surface area contributed by atoms with Crippen LogP contribution in [-0.4, -0.2) is 12.6 Å². The van der Waals surface area contributed by atoms with Crippen molar-refractivity contribution >= 4 is 5.97 Å². The molecule has 0 aromatic heterocycles. The van der Waals surface area contributed by atoms with Crippen LogP contribution in [0.25, 0.3) is 0 Å². The minimum Gasteiger partial charge on any atom is -0.466 e. The van der Waals surface area contributed by atoms with Gasteiger partial charge in [0.25, 0.3) is 0 Å². The Bertz CT molecular complexity index is 249. The maximum absolute atomic E-state index is 11.7. The molecule has 2 fully saturated rings. The quantitative estimate of drug-likeness (QED) is 0.635. The molecular weight excluding hydrogens is 176 g/mol. The van der Waals surface area contributed by atoms with E-state index in [4.69, 9.17) is 4.74 Å². The van der Waals surface area contributed by atoms with Gasteiger partial charge in [-0.2, -0.15) is 0 Å². The number of rotatable bonds is 2. The van der Waals surface area contributed by atoms with Gasteiger partial charge in [0.15, 0.2) is 0 Å². The highest BCUT2D eigenvalue weighted by atomic mass is 16.5. The average molecular weight is 196 g/mol. The van der Waals surface area contributed by atoms with Gasteiger partial charge in [-0.05, 0) is 30.6 Å². The SMILES string of the molecule is CCOC(=O)C1C2C(C)CCCC12C. The fraction of sp³-hybridized carbons (Fsp3) is 0.917. The van der Waals surface area contributed by atoms with Gasteiger partial charge in [-0.1, -0.05) is 26.7 Å². The number of hydrogen-bond donors (Lipinski definition) is 0. The highest BCUT2D eigenvalue weighted by Gasteiger charge is 2.67. The molecule has 0 spiro atoms. The highest BCUT2D eigenvalue weighted by molar-refractivity contribution is 5.78. The van der Waals surface area contributed by atoms with Crippen LogP contribution in [0.3, 0.4) is 0 Å². The predicted octanol–water partition coefficient (Wildman–Crippen LogP) is 2.62. The first kappa shape index (κ1) is 10.0. The van der Waals surface area contributed by atoms with Crippen molar-refractivity contribution < 1.29 is 9.53 Å². The van der Waals surface area contributed by atoms with Crippen molar-refractivity contribution in [2.45, 2.75) is 40.0 Å². The molecule has 0 radical (unpaired) electrons. The summed E-state index contributed by atoms with van der Waals surface area (Å²) in [7, 11) is 0. The molecule has 14 heavy (non-hydrogen) atoms. The van der Waals surface area contributed by atoms with E-state index in [2.05, 4.69) is 13.8 Å². The minimum absolute atomic E-state index is 0.0498. The zero-order chi connectivity index (χ0) is 10.3. The van der Waals surface area contributed by atoms with Crippen molar-refractivity contribution in [1.82, 2.24) is 0 Å². The van der Waals surface area contributed by atoms with E-state index in [-0.39, 0.29) is 17.3 Å². The van der Waals surface area contributed by atoms with Gasteiger partial charge in [-0.25, -0.2) is 0 Å². The van der Waals surface area contributed by atoms with Crippen LogP contribution in [0.5, 0.6) is 0 Å². The standard InChI is InChI=1S/C12H20O2/c1-4-14-11(13)10-9-8(2)6-5-7-12(9,10)3/h8-10H,4-7H2,1-3H3. The van der Waals surface area contributed by atoms with Gasteiger partial charge < -0.3 is 4.74 Å². The molecule has 0 aromatic carbocycles.